The molecule has 8 rings (SSSR count). The lowest BCUT2D eigenvalue weighted by Crippen LogP contribution is -2.59. The molecule has 0 bridgehead atoms. The van der Waals surface area contributed by atoms with E-state index < -0.39 is 169 Å². The fourth-order valence-electron chi connectivity index (χ4n) is 10.6. The Hall–Kier alpha value is -5.46. The Bertz CT molecular complexity index is 2520. The smallest absolute Gasteiger partial charge is 0.252 e. The highest BCUT2D eigenvalue weighted by atomic mass is 16.7. The van der Waals surface area contributed by atoms with Crippen molar-refractivity contribution in [2.75, 3.05) is 60.2 Å². The van der Waals surface area contributed by atoms with Crippen LogP contribution in [0.1, 0.15) is 89.1 Å². The van der Waals surface area contributed by atoms with Gasteiger partial charge in [0, 0.05) is 81.7 Å². The van der Waals surface area contributed by atoms with Gasteiger partial charge in [-0.1, -0.05) is 26.0 Å². The van der Waals surface area contributed by atoms with Gasteiger partial charge in [0.2, 0.25) is 23.5 Å². The number of rotatable bonds is 18. The summed E-state index contributed by atoms with van der Waals surface area (Å²) in [5, 5.41) is 77.4. The Morgan fingerprint density at radius 2 is 1.65 bits per heavy atom. The van der Waals surface area contributed by atoms with Crippen LogP contribution in [0.3, 0.4) is 0 Å². The summed E-state index contributed by atoms with van der Waals surface area (Å²) in [6.07, 6.45) is -12.3. The number of carbonyl (C=O) groups excluding carboxylic acids is 6. The lowest BCUT2D eigenvalue weighted by molar-refractivity contribution is -0.270. The standard InChI is InChI=1S/C49H66N6O20/c1-20(2)35(54-29(57)9-10-50)44(65)53-24(18-71-46-41(63)38(60)26(56)19-72-46)43(64)51-11-12-52-48(66)49(67)16-23-32(40(62)34-33(37(23)59)36(58)22-7-6-8-27(68-4)31(22)39(34)61)28(17-49)74-30-15-25-42(21(3)73-30)75-45-47(69-5)70-14-13-55(25)45/h6-8,20-21,24-26,28,30,35,38,41-42,45-47,56,59-60,62-63,67H,9-19,50H2,1-5H3,(H,51,64)(H,52,66)(H,53,65)(H,54,57)/t21-,24?,25-,26+,28-,30+,35?,38-,41+,42+,45+,46+,47-,49-/m0/s1. The van der Waals surface area contributed by atoms with Crippen LogP contribution in [0.15, 0.2) is 18.2 Å². The second-order valence-corrected chi connectivity index (χ2v) is 19.7. The Balaban J connectivity index is 1.02. The highest BCUT2D eigenvalue weighted by molar-refractivity contribution is 6.31. The van der Waals surface area contributed by atoms with Crippen molar-refractivity contribution in [2.24, 2.45) is 11.7 Å². The Morgan fingerprint density at radius 3 is 2.36 bits per heavy atom. The Kier molecular flexibility index (Phi) is 17.1. The maximum absolute atomic E-state index is 14.3. The first-order valence-electron chi connectivity index (χ1n) is 24.8. The molecule has 2 aromatic carbocycles. The van der Waals surface area contributed by atoms with Gasteiger partial charge < -0.3 is 95.5 Å². The lowest BCUT2D eigenvalue weighted by atomic mass is 9.72. The fraction of sp³-hybridized carbons (Fsp3) is 0.633. The minimum absolute atomic E-state index is 0.0117. The van der Waals surface area contributed by atoms with E-state index in [0.717, 1.165) is 0 Å². The van der Waals surface area contributed by atoms with Crippen molar-refractivity contribution in [3.05, 3.63) is 51.6 Å². The highest BCUT2D eigenvalue weighted by Crippen LogP contribution is 2.53. The van der Waals surface area contributed by atoms with Crippen LogP contribution in [-0.2, 0) is 58.8 Å². The molecule has 0 aromatic heterocycles. The van der Waals surface area contributed by atoms with E-state index in [4.69, 9.17) is 43.6 Å². The van der Waals surface area contributed by atoms with Crippen molar-refractivity contribution < 1.29 is 97.3 Å². The number of amides is 4. The number of nitrogens with zero attached hydrogens (tertiary/aromatic N) is 1. The quantitative estimate of drug-likeness (QED) is 0.0442. The zero-order valence-electron chi connectivity index (χ0n) is 42.0. The zero-order valence-corrected chi connectivity index (χ0v) is 42.0. The van der Waals surface area contributed by atoms with E-state index in [1.807, 2.05) is 0 Å². The second kappa shape index (κ2) is 23.0. The molecule has 0 radical (unpaired) electrons. The summed E-state index contributed by atoms with van der Waals surface area (Å²) in [6, 6.07) is 1.36. The van der Waals surface area contributed by atoms with E-state index in [9.17, 15) is 59.4 Å². The zero-order chi connectivity index (χ0) is 54.2. The minimum Gasteiger partial charge on any atom is -0.507 e. The number of nitrogens with one attached hydrogen (secondary N) is 4. The van der Waals surface area contributed by atoms with Gasteiger partial charge in [-0.3, -0.25) is 33.7 Å². The number of carbonyl (C=O) groups is 6. The topological polar surface area (TPSA) is 375 Å². The molecule has 2 aliphatic carbocycles. The molecule has 0 saturated carbocycles. The molecular weight excluding hydrogens is 993 g/mol. The van der Waals surface area contributed by atoms with Gasteiger partial charge in [-0.2, -0.15) is 0 Å². The van der Waals surface area contributed by atoms with Gasteiger partial charge >= 0.3 is 0 Å². The van der Waals surface area contributed by atoms with E-state index >= 15 is 0 Å². The number of aliphatic hydroxyl groups excluding tert-OH is 3. The number of nitrogens with two attached hydrogens (primary N) is 1. The molecular formula is C49H66N6O20. The maximum Gasteiger partial charge on any atom is 0.252 e. The SMILES string of the molecule is COc1cccc2c1C(=O)c1c(O)c3c(c(O)c1C2=O)C[C@@](O)(C(=O)NCCNC(=O)C(CO[C@@H]1OC[C@@H](O)[C@H](O)[C@H]1O)NC(=O)C(NC(=O)CCN)C(C)C)C[C@@H]3O[C@@H]1C[C@H]2[C@H](O[C@@H]3[C@@H](OC)OCCN32)[C@H](C)O1. The monoisotopic (exact) mass is 1060 g/mol. The second-order valence-electron chi connectivity index (χ2n) is 19.7. The molecule has 14 atom stereocenters. The summed E-state index contributed by atoms with van der Waals surface area (Å²) in [5.41, 5.74) is 1.31. The largest absolute Gasteiger partial charge is 0.507 e. The summed E-state index contributed by atoms with van der Waals surface area (Å²) in [7, 11) is 2.81. The molecule has 4 saturated heterocycles. The van der Waals surface area contributed by atoms with Crippen LogP contribution in [0.2, 0.25) is 0 Å². The van der Waals surface area contributed by atoms with E-state index in [-0.39, 0.29) is 66.5 Å². The first-order valence-corrected chi connectivity index (χ1v) is 24.8. The minimum atomic E-state index is -2.45. The number of hydrogen-bond acceptors (Lipinski definition) is 22. The van der Waals surface area contributed by atoms with Crippen molar-refractivity contribution in [3.8, 4) is 17.2 Å². The number of ketones is 2. The molecule has 26 heteroatoms. The van der Waals surface area contributed by atoms with E-state index in [0.29, 0.717) is 13.2 Å². The first-order chi connectivity index (χ1) is 35.7. The molecule has 0 spiro atoms. The van der Waals surface area contributed by atoms with E-state index in [2.05, 4.69) is 26.2 Å². The third-order valence-electron chi connectivity index (χ3n) is 14.5. The molecule has 75 heavy (non-hydrogen) atoms. The van der Waals surface area contributed by atoms with Crippen molar-refractivity contribution >= 4 is 35.2 Å². The van der Waals surface area contributed by atoms with Gasteiger partial charge in [-0.05, 0) is 18.9 Å². The number of aromatic hydroxyl groups is 2. The number of phenolic OH excluding ortho intramolecular Hbond substituents is 2. The predicted molar refractivity (Wildman–Crippen MR) is 254 cm³/mol. The number of ether oxygens (including phenoxy) is 8. The number of phenols is 2. The van der Waals surface area contributed by atoms with Crippen molar-refractivity contribution in [1.82, 2.24) is 26.2 Å². The van der Waals surface area contributed by atoms with Crippen LogP contribution in [0, 0.1) is 5.92 Å². The van der Waals surface area contributed by atoms with Crippen LogP contribution < -0.4 is 31.7 Å². The molecule has 4 aliphatic heterocycles. The maximum atomic E-state index is 14.3. The molecule has 412 valence electrons. The number of morpholine rings is 1. The number of aliphatic hydroxyl groups is 4. The van der Waals surface area contributed by atoms with Crippen molar-refractivity contribution in [1.29, 1.82) is 0 Å². The summed E-state index contributed by atoms with van der Waals surface area (Å²) in [5.74, 6) is -6.78. The normalized spacial score (nSPS) is 30.9. The third-order valence-corrected chi connectivity index (χ3v) is 14.5. The van der Waals surface area contributed by atoms with Gasteiger partial charge in [-0.25, -0.2) is 0 Å². The average molecular weight is 1060 g/mol. The molecule has 4 amide bonds. The molecule has 2 aromatic rings. The van der Waals surface area contributed by atoms with Crippen molar-refractivity contribution in [3.63, 3.8) is 0 Å². The Labute approximate surface area is 430 Å². The third kappa shape index (κ3) is 10.9. The van der Waals surface area contributed by atoms with E-state index in [1.165, 1.54) is 32.4 Å². The van der Waals surface area contributed by atoms with Crippen LogP contribution >= 0.6 is 0 Å². The molecule has 4 fully saturated rings. The van der Waals surface area contributed by atoms with Crippen LogP contribution in [0.5, 0.6) is 17.2 Å². The number of benzene rings is 2. The van der Waals surface area contributed by atoms with Crippen LogP contribution in [-0.4, -0.2) is 210 Å². The van der Waals surface area contributed by atoms with Gasteiger partial charge in [0.15, 0.2) is 30.9 Å². The van der Waals surface area contributed by atoms with Gasteiger partial charge in [0.1, 0.15) is 59.3 Å². The van der Waals surface area contributed by atoms with Crippen LogP contribution in [0.4, 0.5) is 0 Å². The Morgan fingerprint density at radius 1 is 0.920 bits per heavy atom. The predicted octanol–water partition coefficient (Wildman–Crippen LogP) is -3.19. The number of methoxy groups -OCH3 is 2. The van der Waals surface area contributed by atoms with Crippen LogP contribution in [0.25, 0.3) is 0 Å². The number of fused-ring (bicyclic) bond motifs is 6. The summed E-state index contributed by atoms with van der Waals surface area (Å²) >= 11 is 0. The number of hydrogen-bond donors (Lipinski definition) is 11. The molecule has 6 aliphatic rings. The van der Waals surface area contributed by atoms with Gasteiger partial charge in [0.25, 0.3) is 5.91 Å². The molecule has 2 unspecified atom stereocenters. The fourth-order valence-corrected chi connectivity index (χ4v) is 10.6. The summed E-state index contributed by atoms with van der Waals surface area (Å²) in [6.45, 7) is 4.20. The summed E-state index contributed by atoms with van der Waals surface area (Å²) < 4.78 is 46.8. The molecule has 26 nitrogen and oxygen atoms in total. The van der Waals surface area contributed by atoms with Gasteiger partial charge in [-0.15, -0.1) is 0 Å². The van der Waals surface area contributed by atoms with Gasteiger partial charge in [0.05, 0.1) is 55.8 Å². The highest BCUT2D eigenvalue weighted by Gasteiger charge is 2.55. The van der Waals surface area contributed by atoms with E-state index in [1.54, 1.807) is 20.8 Å². The first kappa shape index (κ1) is 55.8. The lowest BCUT2D eigenvalue weighted by Gasteiger charge is -2.43. The molecule has 12 N–H and O–H groups in total. The van der Waals surface area contributed by atoms with Crippen molar-refractivity contribution in [2.45, 2.75) is 132 Å². The summed E-state index contributed by atoms with van der Waals surface area (Å²) in [4.78, 5) is 84.6. The average Bonchev–Trinajstić information content (AvgIpc) is 3.77. The molecule has 4 heterocycles.